The van der Waals surface area contributed by atoms with Crippen molar-refractivity contribution in [3.05, 3.63) is 35.1 Å². The van der Waals surface area contributed by atoms with E-state index in [2.05, 4.69) is 0 Å². The van der Waals surface area contributed by atoms with Crippen LogP contribution >= 0.6 is 0 Å². The maximum atomic E-state index is 13.1. The molecule has 0 N–H and O–H groups in total. The van der Waals surface area contributed by atoms with Gasteiger partial charge in [-0.2, -0.15) is 0 Å². The van der Waals surface area contributed by atoms with E-state index in [0.29, 0.717) is 11.5 Å². The number of hydrogen-bond donors (Lipinski definition) is 0. The number of rotatable bonds is 5. The van der Waals surface area contributed by atoms with E-state index in [1.165, 1.54) is 39.5 Å². The zero-order chi connectivity index (χ0) is 18.4. The van der Waals surface area contributed by atoms with E-state index in [4.69, 9.17) is 23.7 Å². The number of benzene rings is 1. The lowest BCUT2D eigenvalue weighted by Crippen LogP contribution is -2.39. The van der Waals surface area contributed by atoms with Crippen molar-refractivity contribution in [1.29, 1.82) is 0 Å². The highest BCUT2D eigenvalue weighted by Crippen LogP contribution is 2.47. The molecule has 0 spiro atoms. The first kappa shape index (κ1) is 17.0. The second-order valence-electron chi connectivity index (χ2n) is 5.50. The van der Waals surface area contributed by atoms with Gasteiger partial charge in [0.25, 0.3) is 5.60 Å². The number of Topliss-reactive ketones (excluding diaryl/α,β-unsaturated/α-hetero) is 1. The summed E-state index contributed by atoms with van der Waals surface area (Å²) in [5, 5.41) is 0. The van der Waals surface area contributed by atoms with Crippen LogP contribution in [0.25, 0.3) is 0 Å². The number of fused-ring (bicyclic) bond motifs is 1. The molecule has 3 rings (SSSR count). The van der Waals surface area contributed by atoms with Gasteiger partial charge in [-0.15, -0.1) is 0 Å². The Hall–Kier alpha value is -2.87. The van der Waals surface area contributed by atoms with Gasteiger partial charge in [-0.05, 0) is 13.0 Å². The smallest absolute Gasteiger partial charge is 0.338 e. The van der Waals surface area contributed by atoms with Crippen molar-refractivity contribution >= 4 is 17.5 Å². The Bertz CT molecular complexity index is 809. The predicted octanol–water partition coefficient (Wildman–Crippen LogP) is 1.27. The largest absolute Gasteiger partial charge is 0.497 e. The fourth-order valence-corrected chi connectivity index (χ4v) is 2.74. The molecular weight excluding hydrogens is 332 g/mol. The van der Waals surface area contributed by atoms with E-state index in [-0.39, 0.29) is 16.9 Å². The molecule has 0 amide bonds. The summed E-state index contributed by atoms with van der Waals surface area (Å²) in [4.78, 5) is 37.6. The third-order valence-corrected chi connectivity index (χ3v) is 4.06. The summed E-state index contributed by atoms with van der Waals surface area (Å²) in [5.41, 5.74) is -2.02. The number of ether oxygens (including phenoxy) is 5. The maximum Gasteiger partial charge on any atom is 0.338 e. The van der Waals surface area contributed by atoms with Gasteiger partial charge in [-0.25, -0.2) is 4.79 Å². The number of methoxy groups -OCH3 is 3. The number of carbonyl (C=O) groups is 3. The van der Waals surface area contributed by atoms with Crippen LogP contribution in [0, 0.1) is 0 Å². The molecule has 0 radical (unpaired) electrons. The van der Waals surface area contributed by atoms with Crippen molar-refractivity contribution in [2.45, 2.75) is 18.8 Å². The Morgan fingerprint density at radius 3 is 2.44 bits per heavy atom. The Morgan fingerprint density at radius 1 is 1.16 bits per heavy atom. The minimum absolute atomic E-state index is 0.0625. The Balaban J connectivity index is 2.15. The van der Waals surface area contributed by atoms with Crippen LogP contribution in [0.3, 0.4) is 0 Å². The Kier molecular flexibility index (Phi) is 4.00. The van der Waals surface area contributed by atoms with Crippen molar-refractivity contribution in [1.82, 2.24) is 0 Å². The lowest BCUT2D eigenvalue weighted by Gasteiger charge is -2.18. The first-order valence-corrected chi connectivity index (χ1v) is 7.35. The fraction of sp³-hybridized carbons (Fsp3) is 0.353. The second-order valence-corrected chi connectivity index (χ2v) is 5.50. The molecule has 1 fully saturated rings. The van der Waals surface area contributed by atoms with Crippen LogP contribution in [0.1, 0.15) is 27.6 Å². The van der Waals surface area contributed by atoms with Crippen LogP contribution in [0.15, 0.2) is 24.0 Å². The van der Waals surface area contributed by atoms with Crippen LogP contribution in [0.4, 0.5) is 0 Å². The highest BCUT2D eigenvalue weighted by Gasteiger charge is 2.72. The summed E-state index contributed by atoms with van der Waals surface area (Å²) in [7, 11) is 3.92. The second kappa shape index (κ2) is 5.89. The molecule has 2 atom stereocenters. The van der Waals surface area contributed by atoms with Crippen LogP contribution < -0.4 is 9.47 Å². The van der Waals surface area contributed by atoms with Gasteiger partial charge in [0.2, 0.25) is 17.9 Å². The molecule has 0 bridgehead atoms. The third-order valence-electron chi connectivity index (χ3n) is 4.06. The van der Waals surface area contributed by atoms with E-state index < -0.39 is 29.4 Å². The monoisotopic (exact) mass is 348 g/mol. The Labute approximate surface area is 143 Å². The molecule has 2 heterocycles. The lowest BCUT2D eigenvalue weighted by molar-refractivity contribution is -0.118. The van der Waals surface area contributed by atoms with Gasteiger partial charge < -0.3 is 23.7 Å². The maximum absolute atomic E-state index is 13.1. The zero-order valence-corrected chi connectivity index (χ0v) is 14.1. The highest BCUT2D eigenvalue weighted by molar-refractivity contribution is 6.26. The van der Waals surface area contributed by atoms with Crippen molar-refractivity contribution in [3.8, 4) is 11.5 Å². The molecule has 1 aromatic carbocycles. The molecule has 0 aromatic heterocycles. The van der Waals surface area contributed by atoms with Crippen molar-refractivity contribution < 1.29 is 38.1 Å². The summed E-state index contributed by atoms with van der Waals surface area (Å²) < 4.78 is 25.7. The SMILES string of the molecule is COC(=O)c1cc(OC)cc(OC)c1C(=O)C12OC1OC(C)=CC2=O. The average Bonchev–Trinajstić information content (AvgIpc) is 3.34. The van der Waals surface area contributed by atoms with E-state index >= 15 is 0 Å². The average molecular weight is 348 g/mol. The van der Waals surface area contributed by atoms with Gasteiger partial charge in [0, 0.05) is 12.1 Å². The van der Waals surface area contributed by atoms with E-state index in [0.717, 1.165) is 0 Å². The van der Waals surface area contributed by atoms with E-state index in [1.54, 1.807) is 6.92 Å². The van der Waals surface area contributed by atoms with Gasteiger partial charge in [0.1, 0.15) is 17.3 Å². The van der Waals surface area contributed by atoms with Gasteiger partial charge >= 0.3 is 5.97 Å². The highest BCUT2D eigenvalue weighted by atomic mass is 16.8. The van der Waals surface area contributed by atoms with Gasteiger partial charge in [-0.1, -0.05) is 0 Å². The van der Waals surface area contributed by atoms with Crippen LogP contribution in [0.2, 0.25) is 0 Å². The number of epoxide rings is 1. The normalized spacial score (nSPS) is 23.8. The quantitative estimate of drug-likeness (QED) is 0.339. The minimum Gasteiger partial charge on any atom is -0.497 e. The molecule has 132 valence electrons. The molecule has 0 aliphatic carbocycles. The molecular formula is C17H16O8. The van der Waals surface area contributed by atoms with E-state index in [1.807, 2.05) is 0 Å². The topological polar surface area (TPSA) is 101 Å². The number of esters is 1. The minimum atomic E-state index is -1.80. The zero-order valence-electron chi connectivity index (χ0n) is 14.1. The first-order chi connectivity index (χ1) is 11.9. The third kappa shape index (κ3) is 2.45. The first-order valence-electron chi connectivity index (χ1n) is 7.35. The molecule has 8 nitrogen and oxygen atoms in total. The summed E-state index contributed by atoms with van der Waals surface area (Å²) in [6.45, 7) is 1.59. The molecule has 1 saturated heterocycles. The molecule has 2 unspecified atom stereocenters. The lowest BCUT2D eigenvalue weighted by atomic mass is 9.88. The Morgan fingerprint density at radius 2 is 1.88 bits per heavy atom. The van der Waals surface area contributed by atoms with Crippen molar-refractivity contribution in [2.24, 2.45) is 0 Å². The van der Waals surface area contributed by atoms with Gasteiger partial charge in [0.15, 0.2) is 0 Å². The fourth-order valence-electron chi connectivity index (χ4n) is 2.74. The number of allylic oxidation sites excluding steroid dienone is 1. The van der Waals surface area contributed by atoms with Crippen LogP contribution in [-0.4, -0.2) is 50.8 Å². The standard InChI is InChI=1S/C17H16O8/c1-8-5-12(18)17(16(24-8)25-17)14(19)13-10(15(20)23-4)6-9(21-2)7-11(13)22-3/h5-7,16H,1-4H3. The number of hydrogen-bond acceptors (Lipinski definition) is 8. The summed E-state index contributed by atoms with van der Waals surface area (Å²) in [6, 6.07) is 2.77. The molecule has 0 saturated carbocycles. The number of ketones is 2. The van der Waals surface area contributed by atoms with Crippen LogP contribution in [0.5, 0.6) is 11.5 Å². The summed E-state index contributed by atoms with van der Waals surface area (Å²) >= 11 is 0. The summed E-state index contributed by atoms with van der Waals surface area (Å²) in [6.07, 6.45) is 0.171. The molecule has 2 aliphatic rings. The van der Waals surface area contributed by atoms with Gasteiger partial charge in [-0.3, -0.25) is 9.59 Å². The van der Waals surface area contributed by atoms with Gasteiger partial charge in [0.05, 0.1) is 32.5 Å². The molecule has 1 aromatic rings. The molecule has 25 heavy (non-hydrogen) atoms. The predicted molar refractivity (Wildman–Crippen MR) is 82.7 cm³/mol. The van der Waals surface area contributed by atoms with E-state index in [9.17, 15) is 14.4 Å². The molecule has 2 aliphatic heterocycles. The molecule has 8 heteroatoms. The van der Waals surface area contributed by atoms with Crippen molar-refractivity contribution in [2.75, 3.05) is 21.3 Å². The van der Waals surface area contributed by atoms with Crippen molar-refractivity contribution in [3.63, 3.8) is 0 Å². The number of carbonyl (C=O) groups excluding carboxylic acids is 3. The van der Waals surface area contributed by atoms with Crippen LogP contribution in [-0.2, 0) is 19.0 Å². The summed E-state index contributed by atoms with van der Waals surface area (Å²) in [5.74, 6) is -1.34.